The maximum atomic E-state index is 10.2. The van der Waals surface area contributed by atoms with Crippen LogP contribution in [-0.4, -0.2) is 26.0 Å². The first-order valence-electron chi connectivity index (χ1n) is 7.18. The van der Waals surface area contributed by atoms with Crippen LogP contribution in [0.5, 0.6) is 0 Å². The summed E-state index contributed by atoms with van der Waals surface area (Å²) in [5.41, 5.74) is 2.53. The van der Waals surface area contributed by atoms with Crippen molar-refractivity contribution in [1.82, 2.24) is 14.8 Å². The second-order valence-corrected chi connectivity index (χ2v) is 5.60. The van der Waals surface area contributed by atoms with Gasteiger partial charge in [0.05, 0.1) is 6.10 Å². The molecule has 1 heterocycles. The molecule has 108 valence electrons. The van der Waals surface area contributed by atoms with Crippen molar-refractivity contribution in [1.29, 1.82) is 0 Å². The molecule has 1 N–H and O–H groups in total. The van der Waals surface area contributed by atoms with Gasteiger partial charge in [0.2, 0.25) is 0 Å². The summed E-state index contributed by atoms with van der Waals surface area (Å²) in [4.78, 5) is 4.24. The summed E-state index contributed by atoms with van der Waals surface area (Å²) in [5.74, 6) is 0.858. The predicted molar refractivity (Wildman–Crippen MR) is 79.6 cm³/mol. The maximum Gasteiger partial charge on any atom is 0.138 e. The van der Waals surface area contributed by atoms with Gasteiger partial charge in [-0.3, -0.25) is 0 Å². The number of nitrogens with zero attached hydrogens (tertiary/aromatic N) is 3. The number of hydrogen-bond donors (Lipinski definition) is 1. The zero-order valence-corrected chi connectivity index (χ0v) is 12.5. The van der Waals surface area contributed by atoms with E-state index in [2.05, 4.69) is 55.1 Å². The molecule has 0 bridgehead atoms. The first-order valence-corrected chi connectivity index (χ1v) is 7.18. The van der Waals surface area contributed by atoms with Crippen molar-refractivity contribution in [2.45, 2.75) is 52.2 Å². The van der Waals surface area contributed by atoms with Gasteiger partial charge >= 0.3 is 0 Å². The van der Waals surface area contributed by atoms with Gasteiger partial charge < -0.3 is 5.11 Å². The van der Waals surface area contributed by atoms with Crippen molar-refractivity contribution >= 4 is 0 Å². The van der Waals surface area contributed by atoms with E-state index >= 15 is 0 Å². The SMILES string of the molecule is Cc1ccc(CCC(O)Cc2ncnn2C(C)C)cc1. The number of aryl methyl sites for hydroxylation is 2. The molecule has 0 saturated carbocycles. The largest absolute Gasteiger partial charge is 0.393 e. The molecule has 0 aliphatic heterocycles. The zero-order valence-electron chi connectivity index (χ0n) is 12.5. The van der Waals surface area contributed by atoms with Crippen molar-refractivity contribution in [3.63, 3.8) is 0 Å². The molecule has 1 atom stereocenters. The smallest absolute Gasteiger partial charge is 0.138 e. The van der Waals surface area contributed by atoms with Crippen LogP contribution in [0.15, 0.2) is 30.6 Å². The molecule has 0 radical (unpaired) electrons. The average molecular weight is 273 g/mol. The lowest BCUT2D eigenvalue weighted by Crippen LogP contribution is -2.17. The van der Waals surface area contributed by atoms with Crippen LogP contribution < -0.4 is 0 Å². The number of aliphatic hydroxyl groups is 1. The van der Waals surface area contributed by atoms with Gasteiger partial charge in [0.25, 0.3) is 0 Å². The molecule has 1 unspecified atom stereocenters. The van der Waals surface area contributed by atoms with E-state index in [1.807, 2.05) is 4.68 Å². The Morgan fingerprint density at radius 2 is 1.90 bits per heavy atom. The highest BCUT2D eigenvalue weighted by Crippen LogP contribution is 2.12. The minimum Gasteiger partial charge on any atom is -0.393 e. The average Bonchev–Trinajstić information content (AvgIpc) is 2.86. The molecule has 4 heteroatoms. The van der Waals surface area contributed by atoms with E-state index in [0.717, 1.165) is 18.7 Å². The second-order valence-electron chi connectivity index (χ2n) is 5.60. The Balaban J connectivity index is 1.87. The fraction of sp³-hybridized carbons (Fsp3) is 0.500. The molecule has 4 nitrogen and oxygen atoms in total. The lowest BCUT2D eigenvalue weighted by atomic mass is 10.0. The molecular weight excluding hydrogens is 250 g/mol. The van der Waals surface area contributed by atoms with Gasteiger partial charge in [0.15, 0.2) is 0 Å². The quantitative estimate of drug-likeness (QED) is 0.880. The number of aromatic nitrogens is 3. The van der Waals surface area contributed by atoms with Crippen molar-refractivity contribution in [3.05, 3.63) is 47.5 Å². The van der Waals surface area contributed by atoms with E-state index in [-0.39, 0.29) is 12.1 Å². The Hall–Kier alpha value is -1.68. The van der Waals surface area contributed by atoms with E-state index in [4.69, 9.17) is 0 Å². The lowest BCUT2D eigenvalue weighted by Gasteiger charge is -2.13. The molecule has 0 aliphatic carbocycles. The van der Waals surface area contributed by atoms with Crippen LogP contribution in [0.1, 0.15) is 43.3 Å². The Kier molecular flexibility index (Phi) is 4.90. The monoisotopic (exact) mass is 273 g/mol. The van der Waals surface area contributed by atoms with Crippen LogP contribution in [-0.2, 0) is 12.8 Å². The number of rotatable bonds is 6. The van der Waals surface area contributed by atoms with Gasteiger partial charge in [0.1, 0.15) is 12.2 Å². The highest BCUT2D eigenvalue weighted by molar-refractivity contribution is 5.21. The molecule has 2 aromatic rings. The Morgan fingerprint density at radius 1 is 1.20 bits per heavy atom. The fourth-order valence-corrected chi connectivity index (χ4v) is 2.25. The zero-order chi connectivity index (χ0) is 14.5. The van der Waals surface area contributed by atoms with Gasteiger partial charge in [-0.2, -0.15) is 5.10 Å². The fourth-order valence-electron chi connectivity index (χ4n) is 2.25. The van der Waals surface area contributed by atoms with Gasteiger partial charge in [-0.1, -0.05) is 29.8 Å². The molecule has 1 aromatic carbocycles. The third kappa shape index (κ3) is 3.90. The molecule has 0 fully saturated rings. The summed E-state index contributed by atoms with van der Waals surface area (Å²) in [6, 6.07) is 8.74. The summed E-state index contributed by atoms with van der Waals surface area (Å²) in [6.07, 6.45) is 3.37. The molecule has 1 aromatic heterocycles. The van der Waals surface area contributed by atoms with Crippen molar-refractivity contribution in [2.24, 2.45) is 0 Å². The summed E-state index contributed by atoms with van der Waals surface area (Å²) < 4.78 is 1.87. The number of hydrogen-bond acceptors (Lipinski definition) is 3. The maximum absolute atomic E-state index is 10.2. The van der Waals surface area contributed by atoms with Crippen molar-refractivity contribution in [2.75, 3.05) is 0 Å². The summed E-state index contributed by atoms with van der Waals surface area (Å²) in [5, 5.41) is 14.4. The van der Waals surface area contributed by atoms with Crippen LogP contribution in [0.2, 0.25) is 0 Å². The van der Waals surface area contributed by atoms with Crippen molar-refractivity contribution in [3.8, 4) is 0 Å². The van der Waals surface area contributed by atoms with E-state index in [9.17, 15) is 5.11 Å². The normalized spacial score (nSPS) is 12.8. The minimum atomic E-state index is -0.377. The van der Waals surface area contributed by atoms with Gasteiger partial charge in [0, 0.05) is 12.5 Å². The highest BCUT2D eigenvalue weighted by Gasteiger charge is 2.13. The molecule has 0 spiro atoms. The standard InChI is InChI=1S/C16H23N3O/c1-12(2)19-16(17-11-18-19)10-15(20)9-8-14-6-4-13(3)5-7-14/h4-7,11-12,15,20H,8-10H2,1-3H3. The molecule has 0 saturated heterocycles. The van der Waals surface area contributed by atoms with Crippen LogP contribution in [0, 0.1) is 6.92 Å². The van der Waals surface area contributed by atoms with E-state index in [1.165, 1.54) is 11.1 Å². The third-order valence-electron chi connectivity index (χ3n) is 3.44. The van der Waals surface area contributed by atoms with Crippen LogP contribution >= 0.6 is 0 Å². The van der Waals surface area contributed by atoms with E-state index in [0.29, 0.717) is 6.42 Å². The first-order chi connectivity index (χ1) is 9.56. The second kappa shape index (κ2) is 6.66. The Morgan fingerprint density at radius 3 is 2.55 bits per heavy atom. The lowest BCUT2D eigenvalue weighted by molar-refractivity contribution is 0.160. The highest BCUT2D eigenvalue weighted by atomic mass is 16.3. The first kappa shape index (κ1) is 14.7. The third-order valence-corrected chi connectivity index (χ3v) is 3.44. The summed E-state index contributed by atoms with van der Waals surface area (Å²) >= 11 is 0. The summed E-state index contributed by atoms with van der Waals surface area (Å²) in [6.45, 7) is 6.21. The molecule has 2 rings (SSSR count). The number of aliphatic hydroxyl groups excluding tert-OH is 1. The molecule has 20 heavy (non-hydrogen) atoms. The van der Waals surface area contributed by atoms with Gasteiger partial charge in [-0.15, -0.1) is 0 Å². The van der Waals surface area contributed by atoms with Gasteiger partial charge in [-0.25, -0.2) is 9.67 Å². The summed E-state index contributed by atoms with van der Waals surface area (Å²) in [7, 11) is 0. The predicted octanol–water partition coefficient (Wildman–Crippen LogP) is 2.70. The molecule has 0 aliphatic rings. The Bertz CT molecular complexity index is 531. The Labute approximate surface area is 120 Å². The van der Waals surface area contributed by atoms with E-state index < -0.39 is 0 Å². The van der Waals surface area contributed by atoms with Gasteiger partial charge in [-0.05, 0) is 39.2 Å². The molecular formula is C16H23N3O. The minimum absolute atomic E-state index is 0.275. The van der Waals surface area contributed by atoms with Crippen molar-refractivity contribution < 1.29 is 5.11 Å². The topological polar surface area (TPSA) is 50.9 Å². The van der Waals surface area contributed by atoms with Crippen LogP contribution in [0.25, 0.3) is 0 Å². The number of benzene rings is 1. The van der Waals surface area contributed by atoms with Crippen LogP contribution in [0.3, 0.4) is 0 Å². The molecule has 0 amide bonds. The van der Waals surface area contributed by atoms with E-state index in [1.54, 1.807) is 6.33 Å². The van der Waals surface area contributed by atoms with Crippen LogP contribution in [0.4, 0.5) is 0 Å².